The summed E-state index contributed by atoms with van der Waals surface area (Å²) in [5.41, 5.74) is 0.702. The number of rotatable bonds is 2. The van der Waals surface area contributed by atoms with E-state index in [4.69, 9.17) is 9.47 Å². The van der Waals surface area contributed by atoms with E-state index in [9.17, 15) is 4.39 Å². The summed E-state index contributed by atoms with van der Waals surface area (Å²) in [7, 11) is 1.84. The van der Waals surface area contributed by atoms with Crippen LogP contribution in [0.5, 0.6) is 17.2 Å². The minimum Gasteiger partial charge on any atom is -0.479 e. The van der Waals surface area contributed by atoms with Crippen LogP contribution in [0.1, 0.15) is 11.8 Å². The molecular weight excluding hydrogens is 247 g/mol. The Morgan fingerprint density at radius 2 is 2.16 bits per heavy atom. The van der Waals surface area contributed by atoms with Crippen LogP contribution in [-0.4, -0.2) is 18.6 Å². The van der Waals surface area contributed by atoms with Crippen LogP contribution in [0.4, 0.5) is 4.39 Å². The molecule has 0 saturated carbocycles. The van der Waals surface area contributed by atoms with Crippen molar-refractivity contribution in [3.63, 3.8) is 0 Å². The number of pyridine rings is 1. The van der Waals surface area contributed by atoms with Gasteiger partial charge in [0.2, 0.25) is 0 Å². The summed E-state index contributed by atoms with van der Waals surface area (Å²) in [6.07, 6.45) is 1.41. The van der Waals surface area contributed by atoms with Crippen molar-refractivity contribution in [3.8, 4) is 17.2 Å². The largest absolute Gasteiger partial charge is 0.479 e. The quantitative estimate of drug-likeness (QED) is 0.901. The van der Waals surface area contributed by atoms with Crippen molar-refractivity contribution in [2.45, 2.75) is 6.10 Å². The fourth-order valence-corrected chi connectivity index (χ4v) is 2.04. The van der Waals surface area contributed by atoms with E-state index >= 15 is 0 Å². The smallest absolute Gasteiger partial charge is 0.172 e. The van der Waals surface area contributed by atoms with Crippen molar-refractivity contribution in [3.05, 3.63) is 48.0 Å². The molecule has 98 valence electrons. The van der Waals surface area contributed by atoms with Crippen LogP contribution in [0.15, 0.2) is 36.5 Å². The number of nitrogens with zero attached hydrogens (tertiary/aromatic N) is 1. The number of ether oxygens (including phenoxy) is 2. The Bertz CT molecular complexity index is 604. The average Bonchev–Trinajstić information content (AvgIpc) is 2.56. The summed E-state index contributed by atoms with van der Waals surface area (Å²) in [4.78, 5) is 4.30. The fourth-order valence-electron chi connectivity index (χ4n) is 2.04. The molecule has 3 rings (SSSR count). The highest BCUT2D eigenvalue weighted by Crippen LogP contribution is 2.40. The predicted octanol–water partition coefficient (Wildman–Crippen LogP) is 2.67. The molecule has 0 amide bonds. The molecule has 1 aliphatic rings. The number of aromatic nitrogens is 1. The van der Waals surface area contributed by atoms with Gasteiger partial charge in [-0.2, -0.15) is 0 Å². The lowest BCUT2D eigenvalue weighted by Gasteiger charge is -2.16. The first-order chi connectivity index (χ1) is 9.28. The van der Waals surface area contributed by atoms with Crippen LogP contribution in [0, 0.1) is 5.82 Å². The molecule has 2 aromatic rings. The number of hydrogen-bond acceptors (Lipinski definition) is 4. The van der Waals surface area contributed by atoms with Gasteiger partial charge in [0.1, 0.15) is 11.5 Å². The van der Waals surface area contributed by atoms with E-state index in [1.807, 2.05) is 7.05 Å². The second-order valence-electron chi connectivity index (χ2n) is 4.24. The van der Waals surface area contributed by atoms with Gasteiger partial charge in [0, 0.05) is 18.8 Å². The fraction of sp³-hybridized carbons (Fsp3) is 0.214. The minimum atomic E-state index is -0.361. The summed E-state index contributed by atoms with van der Waals surface area (Å²) in [5, 5.41) is 3.05. The number of hydrogen-bond donors (Lipinski definition) is 1. The second-order valence-corrected chi connectivity index (χ2v) is 4.24. The van der Waals surface area contributed by atoms with Crippen LogP contribution >= 0.6 is 0 Å². The zero-order valence-electron chi connectivity index (χ0n) is 10.4. The Kier molecular flexibility index (Phi) is 3.05. The molecule has 0 unspecified atom stereocenters. The SMILES string of the molecule is CNC[C@@H]1Oc2ccc(F)cc2Oc2cccnc21. The third kappa shape index (κ3) is 2.24. The van der Waals surface area contributed by atoms with Gasteiger partial charge in [0.05, 0.1) is 0 Å². The van der Waals surface area contributed by atoms with Crippen molar-refractivity contribution in [2.24, 2.45) is 0 Å². The Labute approximate surface area is 110 Å². The van der Waals surface area contributed by atoms with Crippen LogP contribution in [-0.2, 0) is 0 Å². The zero-order chi connectivity index (χ0) is 13.2. The first-order valence-electron chi connectivity index (χ1n) is 6.01. The first-order valence-corrected chi connectivity index (χ1v) is 6.01. The van der Waals surface area contributed by atoms with E-state index in [2.05, 4.69) is 10.3 Å². The Hall–Kier alpha value is -2.14. The van der Waals surface area contributed by atoms with Gasteiger partial charge in [-0.05, 0) is 31.3 Å². The molecule has 0 bridgehead atoms. The highest BCUT2D eigenvalue weighted by atomic mass is 19.1. The summed E-state index contributed by atoms with van der Waals surface area (Å²) in [6, 6.07) is 7.81. The van der Waals surface area contributed by atoms with Gasteiger partial charge in [-0.15, -0.1) is 0 Å². The Morgan fingerprint density at radius 3 is 3.00 bits per heavy atom. The molecule has 1 aromatic heterocycles. The normalized spacial score (nSPS) is 16.6. The molecule has 1 atom stereocenters. The number of nitrogens with one attached hydrogen (secondary N) is 1. The molecule has 0 saturated heterocycles. The number of benzene rings is 1. The molecular formula is C14H13FN2O2. The van der Waals surface area contributed by atoms with Gasteiger partial charge in [-0.3, -0.25) is 4.98 Å². The summed E-state index contributed by atoms with van der Waals surface area (Å²) < 4.78 is 24.9. The maximum absolute atomic E-state index is 13.3. The maximum atomic E-state index is 13.3. The lowest BCUT2D eigenvalue weighted by atomic mass is 10.2. The predicted molar refractivity (Wildman–Crippen MR) is 68.0 cm³/mol. The molecule has 1 N–H and O–H groups in total. The molecule has 19 heavy (non-hydrogen) atoms. The third-order valence-electron chi connectivity index (χ3n) is 2.89. The van der Waals surface area contributed by atoms with Crippen molar-refractivity contribution >= 4 is 0 Å². The summed E-state index contributed by atoms with van der Waals surface area (Å²) in [5.74, 6) is 1.11. The monoisotopic (exact) mass is 260 g/mol. The molecule has 0 aliphatic carbocycles. The Morgan fingerprint density at radius 1 is 1.26 bits per heavy atom. The second kappa shape index (κ2) is 4.85. The van der Waals surface area contributed by atoms with Crippen molar-refractivity contribution < 1.29 is 13.9 Å². The van der Waals surface area contributed by atoms with E-state index < -0.39 is 0 Å². The van der Waals surface area contributed by atoms with Gasteiger partial charge < -0.3 is 14.8 Å². The third-order valence-corrected chi connectivity index (χ3v) is 2.89. The molecule has 0 fully saturated rings. The minimum absolute atomic E-state index is 0.270. The maximum Gasteiger partial charge on any atom is 0.172 e. The molecule has 5 heteroatoms. The van der Waals surface area contributed by atoms with E-state index in [-0.39, 0.29) is 11.9 Å². The lowest BCUT2D eigenvalue weighted by molar-refractivity contribution is 0.202. The standard InChI is InChI=1S/C14H13FN2O2/c1-16-8-13-14-11(3-2-6-17-14)19-12-7-9(15)4-5-10(12)18-13/h2-7,13,16H,8H2,1H3/t13-/m0/s1. The summed E-state index contributed by atoms with van der Waals surface area (Å²) >= 11 is 0. The highest BCUT2D eigenvalue weighted by molar-refractivity contribution is 5.47. The van der Waals surface area contributed by atoms with Crippen LogP contribution in [0.25, 0.3) is 0 Å². The topological polar surface area (TPSA) is 43.4 Å². The van der Waals surface area contributed by atoms with Gasteiger partial charge in [0.15, 0.2) is 23.4 Å². The first kappa shape index (κ1) is 11.9. The number of likely N-dealkylation sites (N-methyl/N-ethyl adjacent to an activating group) is 1. The Balaban J connectivity index is 2.09. The number of halogens is 1. The van der Waals surface area contributed by atoms with E-state index in [0.29, 0.717) is 29.5 Å². The highest BCUT2D eigenvalue weighted by Gasteiger charge is 2.25. The zero-order valence-corrected chi connectivity index (χ0v) is 10.4. The molecule has 0 spiro atoms. The van der Waals surface area contributed by atoms with Crippen LogP contribution in [0.3, 0.4) is 0 Å². The van der Waals surface area contributed by atoms with E-state index in [1.165, 1.54) is 12.1 Å². The molecule has 1 aliphatic heterocycles. The molecule has 2 heterocycles. The lowest BCUT2D eigenvalue weighted by Crippen LogP contribution is -2.22. The van der Waals surface area contributed by atoms with Gasteiger partial charge in [-0.1, -0.05) is 0 Å². The number of fused-ring (bicyclic) bond motifs is 2. The van der Waals surface area contributed by atoms with Gasteiger partial charge in [0.25, 0.3) is 0 Å². The van der Waals surface area contributed by atoms with Crippen molar-refractivity contribution in [1.82, 2.24) is 10.3 Å². The van der Waals surface area contributed by atoms with Crippen LogP contribution in [0.2, 0.25) is 0 Å². The van der Waals surface area contributed by atoms with Crippen LogP contribution < -0.4 is 14.8 Å². The molecule has 1 aromatic carbocycles. The average molecular weight is 260 g/mol. The van der Waals surface area contributed by atoms with E-state index in [1.54, 1.807) is 24.4 Å². The molecule has 0 radical (unpaired) electrons. The van der Waals surface area contributed by atoms with Gasteiger partial charge in [-0.25, -0.2) is 4.39 Å². The summed E-state index contributed by atoms with van der Waals surface area (Å²) in [6.45, 7) is 0.587. The molecule has 4 nitrogen and oxygen atoms in total. The van der Waals surface area contributed by atoms with Crippen molar-refractivity contribution in [2.75, 3.05) is 13.6 Å². The van der Waals surface area contributed by atoms with Gasteiger partial charge >= 0.3 is 0 Å². The van der Waals surface area contributed by atoms with Crippen molar-refractivity contribution in [1.29, 1.82) is 0 Å². The van der Waals surface area contributed by atoms with E-state index in [0.717, 1.165) is 0 Å².